The first-order valence-corrected chi connectivity index (χ1v) is 7.53. The minimum absolute atomic E-state index is 0.136. The average molecular weight is 345 g/mol. The molecule has 24 heavy (non-hydrogen) atoms. The van der Waals surface area contributed by atoms with Crippen molar-refractivity contribution in [3.8, 4) is 5.75 Å². The van der Waals surface area contributed by atoms with Gasteiger partial charge in [0, 0.05) is 0 Å². The summed E-state index contributed by atoms with van der Waals surface area (Å²) in [6, 6.07) is 4.02. The van der Waals surface area contributed by atoms with Crippen molar-refractivity contribution in [1.29, 1.82) is 0 Å². The molecule has 0 bridgehead atoms. The molecule has 132 valence electrons. The van der Waals surface area contributed by atoms with Gasteiger partial charge in [-0.05, 0) is 37.1 Å². The predicted molar refractivity (Wildman–Crippen MR) is 78.5 cm³/mol. The first-order valence-electron chi connectivity index (χ1n) is 7.53. The fourth-order valence-electron chi connectivity index (χ4n) is 2.91. The number of carbonyl (C=O) groups is 2. The number of hydrogen-bond acceptors (Lipinski definition) is 3. The third kappa shape index (κ3) is 4.87. The Bertz CT molecular complexity index is 592. The number of carbonyl (C=O) groups excluding carboxylic acids is 1. The molecule has 1 fully saturated rings. The topological polar surface area (TPSA) is 75.6 Å². The number of benzene rings is 1. The van der Waals surface area contributed by atoms with Crippen molar-refractivity contribution >= 4 is 11.9 Å². The van der Waals surface area contributed by atoms with Crippen LogP contribution in [0.15, 0.2) is 24.3 Å². The second-order valence-corrected chi connectivity index (χ2v) is 5.92. The van der Waals surface area contributed by atoms with E-state index in [1.807, 2.05) is 0 Å². The fourth-order valence-corrected chi connectivity index (χ4v) is 2.91. The molecule has 1 saturated carbocycles. The van der Waals surface area contributed by atoms with Gasteiger partial charge < -0.3 is 15.2 Å². The van der Waals surface area contributed by atoms with Crippen molar-refractivity contribution < 1.29 is 32.6 Å². The van der Waals surface area contributed by atoms with Gasteiger partial charge in [0.2, 0.25) is 0 Å². The number of hydrogen-bond donors (Lipinski definition) is 2. The number of halogens is 3. The molecular weight excluding hydrogens is 327 g/mol. The molecule has 1 aliphatic rings. The van der Waals surface area contributed by atoms with Gasteiger partial charge in [0.05, 0.1) is 17.5 Å². The Hall–Kier alpha value is -2.25. The molecule has 0 spiro atoms. The largest absolute Gasteiger partial charge is 0.484 e. The van der Waals surface area contributed by atoms with Crippen LogP contribution in [0.2, 0.25) is 0 Å². The lowest BCUT2D eigenvalue weighted by Gasteiger charge is -2.28. The van der Waals surface area contributed by atoms with E-state index < -0.39 is 29.2 Å². The summed E-state index contributed by atoms with van der Waals surface area (Å²) in [5, 5.41) is 11.7. The number of aliphatic carboxylic acids is 1. The van der Waals surface area contributed by atoms with E-state index in [9.17, 15) is 22.8 Å². The highest BCUT2D eigenvalue weighted by molar-refractivity contribution is 5.79. The maximum Gasteiger partial charge on any atom is 0.416 e. The number of rotatable bonds is 6. The van der Waals surface area contributed by atoms with Crippen LogP contribution in [0, 0.1) is 0 Å². The van der Waals surface area contributed by atoms with Crippen molar-refractivity contribution in [3.63, 3.8) is 0 Å². The third-order valence-corrected chi connectivity index (χ3v) is 4.01. The fraction of sp³-hybridized carbons (Fsp3) is 0.500. The van der Waals surface area contributed by atoms with Gasteiger partial charge in [-0.1, -0.05) is 12.8 Å². The van der Waals surface area contributed by atoms with Gasteiger partial charge >= 0.3 is 12.1 Å². The van der Waals surface area contributed by atoms with Gasteiger partial charge in [-0.2, -0.15) is 13.2 Å². The first kappa shape index (κ1) is 18.1. The molecule has 0 atom stereocenters. The molecule has 0 aliphatic heterocycles. The standard InChI is InChI=1S/C16H18F3NO4/c17-16(18,19)11-3-5-12(6-4-11)24-10-13(21)20-15(9-14(22)23)7-1-2-8-15/h3-6H,1-2,7-10H2,(H,20,21)(H,22,23). The van der Waals surface area contributed by atoms with Gasteiger partial charge in [-0.25, -0.2) is 0 Å². The quantitative estimate of drug-likeness (QED) is 0.831. The minimum atomic E-state index is -4.43. The number of ether oxygens (including phenoxy) is 1. The van der Waals surface area contributed by atoms with E-state index in [-0.39, 0.29) is 18.8 Å². The summed E-state index contributed by atoms with van der Waals surface area (Å²) in [6.45, 7) is -0.382. The maximum absolute atomic E-state index is 12.5. The zero-order chi connectivity index (χ0) is 17.8. The van der Waals surface area contributed by atoms with E-state index in [0.29, 0.717) is 12.8 Å². The number of nitrogens with one attached hydrogen (secondary N) is 1. The smallest absolute Gasteiger partial charge is 0.416 e. The summed E-state index contributed by atoms with van der Waals surface area (Å²) in [6.07, 6.45) is -1.72. The molecule has 0 unspecified atom stereocenters. The highest BCUT2D eigenvalue weighted by atomic mass is 19.4. The van der Waals surface area contributed by atoms with Crippen LogP contribution in [-0.4, -0.2) is 29.1 Å². The Labute approximate surface area is 136 Å². The Balaban J connectivity index is 1.89. The molecule has 8 heteroatoms. The van der Waals surface area contributed by atoms with Gasteiger partial charge in [0.25, 0.3) is 5.91 Å². The Morgan fingerprint density at radius 1 is 1.17 bits per heavy atom. The predicted octanol–water partition coefficient (Wildman–Crippen LogP) is 2.99. The van der Waals surface area contributed by atoms with Crippen molar-refractivity contribution in [3.05, 3.63) is 29.8 Å². The minimum Gasteiger partial charge on any atom is -0.484 e. The van der Waals surface area contributed by atoms with Crippen LogP contribution in [0.3, 0.4) is 0 Å². The summed E-state index contributed by atoms with van der Waals surface area (Å²) in [5.41, 5.74) is -1.56. The van der Waals surface area contributed by atoms with Crippen LogP contribution in [0.1, 0.15) is 37.7 Å². The molecule has 2 N–H and O–H groups in total. The highest BCUT2D eigenvalue weighted by Gasteiger charge is 2.37. The zero-order valence-electron chi connectivity index (χ0n) is 12.9. The molecule has 1 aromatic rings. The molecule has 2 rings (SSSR count). The zero-order valence-corrected chi connectivity index (χ0v) is 12.9. The van der Waals surface area contributed by atoms with E-state index in [4.69, 9.17) is 9.84 Å². The Morgan fingerprint density at radius 3 is 2.25 bits per heavy atom. The summed E-state index contributed by atoms with van der Waals surface area (Å²) in [5.74, 6) is -1.34. The third-order valence-electron chi connectivity index (χ3n) is 4.01. The number of alkyl halides is 3. The van der Waals surface area contributed by atoms with Crippen molar-refractivity contribution in [2.45, 2.75) is 43.8 Å². The molecule has 1 aromatic carbocycles. The molecule has 1 amide bonds. The summed E-state index contributed by atoms with van der Waals surface area (Å²) in [4.78, 5) is 22.9. The van der Waals surface area contributed by atoms with E-state index in [2.05, 4.69) is 5.32 Å². The van der Waals surface area contributed by atoms with Crippen LogP contribution in [0.25, 0.3) is 0 Å². The molecule has 5 nitrogen and oxygen atoms in total. The van der Waals surface area contributed by atoms with E-state index >= 15 is 0 Å². The lowest BCUT2D eigenvalue weighted by atomic mass is 9.93. The molecular formula is C16H18F3NO4. The van der Waals surface area contributed by atoms with Crippen molar-refractivity contribution in [2.24, 2.45) is 0 Å². The van der Waals surface area contributed by atoms with E-state index in [0.717, 1.165) is 37.1 Å². The van der Waals surface area contributed by atoms with Crippen LogP contribution in [-0.2, 0) is 15.8 Å². The number of carboxylic acid groups (broad SMARTS) is 1. The highest BCUT2D eigenvalue weighted by Crippen LogP contribution is 2.33. The van der Waals surface area contributed by atoms with Crippen LogP contribution in [0.4, 0.5) is 13.2 Å². The monoisotopic (exact) mass is 345 g/mol. The van der Waals surface area contributed by atoms with Crippen LogP contribution in [0.5, 0.6) is 5.75 Å². The first-order chi connectivity index (χ1) is 11.2. The molecule has 1 aliphatic carbocycles. The maximum atomic E-state index is 12.5. The van der Waals surface area contributed by atoms with Crippen LogP contribution >= 0.6 is 0 Å². The molecule has 0 saturated heterocycles. The second kappa shape index (κ2) is 7.11. The van der Waals surface area contributed by atoms with E-state index in [1.165, 1.54) is 0 Å². The summed E-state index contributed by atoms with van der Waals surface area (Å²) >= 11 is 0. The van der Waals surface area contributed by atoms with Gasteiger partial charge in [-0.15, -0.1) is 0 Å². The second-order valence-electron chi connectivity index (χ2n) is 5.92. The number of carboxylic acids is 1. The summed E-state index contributed by atoms with van der Waals surface area (Å²) in [7, 11) is 0. The molecule has 0 heterocycles. The molecule has 0 aromatic heterocycles. The van der Waals surface area contributed by atoms with Gasteiger partial charge in [0.1, 0.15) is 5.75 Å². The summed E-state index contributed by atoms with van der Waals surface area (Å²) < 4.78 is 42.5. The van der Waals surface area contributed by atoms with Gasteiger partial charge in [0.15, 0.2) is 6.61 Å². The molecule has 0 radical (unpaired) electrons. The number of amides is 1. The average Bonchev–Trinajstić information content (AvgIpc) is 2.91. The van der Waals surface area contributed by atoms with Crippen molar-refractivity contribution in [2.75, 3.05) is 6.61 Å². The Kier molecular flexibility index (Phi) is 5.36. The lowest BCUT2D eigenvalue weighted by Crippen LogP contribution is -2.49. The van der Waals surface area contributed by atoms with E-state index in [1.54, 1.807) is 0 Å². The SMILES string of the molecule is O=C(O)CC1(NC(=O)COc2ccc(C(F)(F)F)cc2)CCCC1. The van der Waals surface area contributed by atoms with Gasteiger partial charge in [-0.3, -0.25) is 9.59 Å². The lowest BCUT2D eigenvalue weighted by molar-refractivity contribution is -0.139. The normalized spacial score (nSPS) is 16.6. The van der Waals surface area contributed by atoms with Crippen LogP contribution < -0.4 is 10.1 Å². The van der Waals surface area contributed by atoms with Crippen molar-refractivity contribution in [1.82, 2.24) is 5.32 Å². The Morgan fingerprint density at radius 2 is 1.75 bits per heavy atom.